The zero-order valence-electron chi connectivity index (χ0n) is 9.20. The molecule has 1 saturated heterocycles. The van der Waals surface area contributed by atoms with Gasteiger partial charge in [0, 0.05) is 32.9 Å². The molecule has 2 rings (SSSR count). The summed E-state index contributed by atoms with van der Waals surface area (Å²) in [5.74, 6) is 0.687. The fourth-order valence-electron chi connectivity index (χ4n) is 1.72. The molecule has 1 N–H and O–H groups in total. The Morgan fingerprint density at radius 1 is 1.69 bits per heavy atom. The van der Waals surface area contributed by atoms with Crippen molar-refractivity contribution in [2.24, 2.45) is 0 Å². The van der Waals surface area contributed by atoms with Gasteiger partial charge in [-0.15, -0.1) is 0 Å². The Bertz CT molecular complexity index is 354. The molecule has 0 amide bonds. The standard InChI is InChI=1S/C11H15ClN2O2/c1-15-11(4-6-16-8-11)7-14-10-9(12)3-2-5-13-10/h2-3,5H,4,6-8H2,1H3,(H,13,14). The van der Waals surface area contributed by atoms with E-state index >= 15 is 0 Å². The molecule has 2 heterocycles. The normalized spacial score (nSPS) is 24.6. The number of ether oxygens (including phenoxy) is 2. The van der Waals surface area contributed by atoms with Gasteiger partial charge in [0.2, 0.25) is 0 Å². The Hall–Kier alpha value is -0.840. The van der Waals surface area contributed by atoms with Gasteiger partial charge in [-0.1, -0.05) is 11.6 Å². The van der Waals surface area contributed by atoms with Gasteiger partial charge in [0.25, 0.3) is 0 Å². The van der Waals surface area contributed by atoms with Gasteiger partial charge in [-0.2, -0.15) is 0 Å². The molecule has 88 valence electrons. The van der Waals surface area contributed by atoms with Gasteiger partial charge in [0.1, 0.15) is 11.4 Å². The number of hydrogen-bond acceptors (Lipinski definition) is 4. The van der Waals surface area contributed by atoms with Crippen LogP contribution in [0.4, 0.5) is 5.82 Å². The summed E-state index contributed by atoms with van der Waals surface area (Å²) < 4.78 is 10.9. The van der Waals surface area contributed by atoms with Crippen LogP contribution < -0.4 is 5.32 Å². The van der Waals surface area contributed by atoms with Crippen LogP contribution in [0.25, 0.3) is 0 Å². The second kappa shape index (κ2) is 4.99. The molecular weight excluding hydrogens is 228 g/mol. The van der Waals surface area contributed by atoms with Gasteiger partial charge >= 0.3 is 0 Å². The fraction of sp³-hybridized carbons (Fsp3) is 0.545. The van der Waals surface area contributed by atoms with Crippen molar-refractivity contribution < 1.29 is 9.47 Å². The molecule has 1 aliphatic heterocycles. The zero-order chi connectivity index (χ0) is 11.4. The van der Waals surface area contributed by atoms with Crippen molar-refractivity contribution in [2.75, 3.05) is 32.2 Å². The first kappa shape index (κ1) is 11.6. The predicted octanol–water partition coefficient (Wildman–Crippen LogP) is 1.95. The third-order valence-corrected chi connectivity index (χ3v) is 3.14. The van der Waals surface area contributed by atoms with E-state index in [1.807, 2.05) is 6.07 Å². The van der Waals surface area contributed by atoms with Gasteiger partial charge in [0.15, 0.2) is 0 Å². The van der Waals surface area contributed by atoms with Crippen LogP contribution in [0.1, 0.15) is 6.42 Å². The molecule has 0 radical (unpaired) electrons. The van der Waals surface area contributed by atoms with Gasteiger partial charge in [-0.05, 0) is 12.1 Å². The quantitative estimate of drug-likeness (QED) is 0.877. The van der Waals surface area contributed by atoms with E-state index in [2.05, 4.69) is 10.3 Å². The maximum absolute atomic E-state index is 6.00. The summed E-state index contributed by atoms with van der Waals surface area (Å²) in [5, 5.41) is 3.82. The van der Waals surface area contributed by atoms with Crippen LogP contribution in [-0.4, -0.2) is 37.5 Å². The smallest absolute Gasteiger partial charge is 0.144 e. The first-order chi connectivity index (χ1) is 7.76. The molecular formula is C11H15ClN2O2. The van der Waals surface area contributed by atoms with E-state index in [4.69, 9.17) is 21.1 Å². The lowest BCUT2D eigenvalue weighted by atomic mass is 10.0. The molecule has 16 heavy (non-hydrogen) atoms. The second-order valence-electron chi connectivity index (χ2n) is 3.88. The van der Waals surface area contributed by atoms with E-state index in [-0.39, 0.29) is 5.60 Å². The molecule has 0 spiro atoms. The Balaban J connectivity index is 1.98. The number of aromatic nitrogens is 1. The number of rotatable bonds is 4. The number of halogens is 1. The molecule has 1 aliphatic rings. The molecule has 5 heteroatoms. The van der Waals surface area contributed by atoms with E-state index in [0.29, 0.717) is 24.0 Å². The molecule has 1 unspecified atom stereocenters. The van der Waals surface area contributed by atoms with E-state index in [1.54, 1.807) is 19.4 Å². The van der Waals surface area contributed by atoms with E-state index < -0.39 is 0 Å². The number of hydrogen-bond donors (Lipinski definition) is 1. The zero-order valence-corrected chi connectivity index (χ0v) is 9.96. The average molecular weight is 243 g/mol. The SMILES string of the molecule is COC1(CNc2ncccc2Cl)CCOC1. The average Bonchev–Trinajstić information content (AvgIpc) is 2.78. The largest absolute Gasteiger partial charge is 0.378 e. The number of anilines is 1. The molecule has 0 saturated carbocycles. The summed E-state index contributed by atoms with van der Waals surface area (Å²) in [6, 6.07) is 3.61. The van der Waals surface area contributed by atoms with Crippen molar-refractivity contribution in [3.63, 3.8) is 0 Å². The van der Waals surface area contributed by atoms with Crippen molar-refractivity contribution in [1.82, 2.24) is 4.98 Å². The molecule has 0 aromatic carbocycles. The van der Waals surface area contributed by atoms with E-state index in [1.165, 1.54) is 0 Å². The van der Waals surface area contributed by atoms with Gasteiger partial charge in [-0.25, -0.2) is 4.98 Å². The maximum atomic E-state index is 6.00. The van der Waals surface area contributed by atoms with Crippen LogP contribution in [0.5, 0.6) is 0 Å². The summed E-state index contributed by atoms with van der Waals surface area (Å²) in [6.45, 7) is 2.01. The molecule has 1 fully saturated rings. The highest BCUT2D eigenvalue weighted by Gasteiger charge is 2.34. The van der Waals surface area contributed by atoms with E-state index in [9.17, 15) is 0 Å². The monoisotopic (exact) mass is 242 g/mol. The van der Waals surface area contributed by atoms with Gasteiger partial charge in [-0.3, -0.25) is 0 Å². The highest BCUT2D eigenvalue weighted by molar-refractivity contribution is 6.32. The third kappa shape index (κ3) is 2.45. The summed E-state index contributed by atoms with van der Waals surface area (Å²) in [5.41, 5.74) is -0.249. The second-order valence-corrected chi connectivity index (χ2v) is 4.28. The number of methoxy groups -OCH3 is 1. The Morgan fingerprint density at radius 3 is 3.19 bits per heavy atom. The highest BCUT2D eigenvalue weighted by Crippen LogP contribution is 2.24. The summed E-state index contributed by atoms with van der Waals surface area (Å²) in [4.78, 5) is 4.17. The number of nitrogens with one attached hydrogen (secondary N) is 1. The molecule has 1 aromatic rings. The topological polar surface area (TPSA) is 43.4 Å². The van der Waals surface area contributed by atoms with Crippen molar-refractivity contribution in [1.29, 1.82) is 0 Å². The molecule has 0 bridgehead atoms. The van der Waals surface area contributed by atoms with Crippen LogP contribution in [0, 0.1) is 0 Å². The van der Waals surface area contributed by atoms with Crippen molar-refractivity contribution in [3.05, 3.63) is 23.4 Å². The first-order valence-corrected chi connectivity index (χ1v) is 5.61. The maximum Gasteiger partial charge on any atom is 0.144 e. The minimum atomic E-state index is -0.249. The third-order valence-electron chi connectivity index (χ3n) is 2.84. The van der Waals surface area contributed by atoms with Crippen LogP contribution in [0.3, 0.4) is 0 Å². The Labute approximate surface area is 99.9 Å². The molecule has 0 aliphatic carbocycles. The molecule has 4 nitrogen and oxygen atoms in total. The van der Waals surface area contributed by atoms with E-state index in [0.717, 1.165) is 13.0 Å². The summed E-state index contributed by atoms with van der Waals surface area (Å²) >= 11 is 6.00. The first-order valence-electron chi connectivity index (χ1n) is 5.23. The highest BCUT2D eigenvalue weighted by atomic mass is 35.5. The van der Waals surface area contributed by atoms with Gasteiger partial charge in [0.05, 0.1) is 11.6 Å². The van der Waals surface area contributed by atoms with Crippen molar-refractivity contribution in [2.45, 2.75) is 12.0 Å². The minimum absolute atomic E-state index is 0.249. The summed E-state index contributed by atoms with van der Waals surface area (Å²) in [6.07, 6.45) is 2.60. The molecule has 1 atom stereocenters. The molecule has 1 aromatic heterocycles. The Morgan fingerprint density at radius 2 is 2.56 bits per heavy atom. The fourth-order valence-corrected chi connectivity index (χ4v) is 1.91. The van der Waals surface area contributed by atoms with Crippen molar-refractivity contribution >= 4 is 17.4 Å². The van der Waals surface area contributed by atoms with Crippen LogP contribution in [-0.2, 0) is 9.47 Å². The Kier molecular flexibility index (Phi) is 3.63. The van der Waals surface area contributed by atoms with Crippen LogP contribution in [0.15, 0.2) is 18.3 Å². The summed E-state index contributed by atoms with van der Waals surface area (Å²) in [7, 11) is 1.70. The predicted molar refractivity (Wildman–Crippen MR) is 62.9 cm³/mol. The van der Waals surface area contributed by atoms with Crippen LogP contribution in [0.2, 0.25) is 5.02 Å². The lowest BCUT2D eigenvalue weighted by Crippen LogP contribution is -2.39. The minimum Gasteiger partial charge on any atom is -0.378 e. The number of nitrogens with zero attached hydrogens (tertiary/aromatic N) is 1. The lowest BCUT2D eigenvalue weighted by molar-refractivity contribution is -0.00625. The van der Waals surface area contributed by atoms with Crippen molar-refractivity contribution in [3.8, 4) is 0 Å². The lowest BCUT2D eigenvalue weighted by Gasteiger charge is -2.26. The number of pyridine rings is 1. The van der Waals surface area contributed by atoms with Gasteiger partial charge < -0.3 is 14.8 Å². The van der Waals surface area contributed by atoms with Crippen LogP contribution >= 0.6 is 11.6 Å².